The van der Waals surface area contributed by atoms with Crippen LogP contribution in [0.25, 0.3) is 0 Å². The van der Waals surface area contributed by atoms with Crippen LogP contribution in [-0.4, -0.2) is 11.6 Å². The topological polar surface area (TPSA) is 34.1 Å². The second kappa shape index (κ2) is 3.34. The molecule has 0 aromatic rings. The lowest BCUT2D eigenvalue weighted by Crippen LogP contribution is -2.19. The molecule has 1 fully saturated rings. The van der Waals surface area contributed by atoms with Crippen LogP contribution in [0.5, 0.6) is 0 Å². The predicted octanol–water partition coefficient (Wildman–Crippen LogP) is 2.28. The van der Waals surface area contributed by atoms with Crippen LogP contribution in [0.1, 0.15) is 39.5 Å². The van der Waals surface area contributed by atoms with Crippen molar-refractivity contribution >= 4 is 11.6 Å². The summed E-state index contributed by atoms with van der Waals surface area (Å²) < 4.78 is 0. The Kier molecular flexibility index (Phi) is 2.30. The van der Waals surface area contributed by atoms with E-state index in [1.165, 1.54) is 0 Å². The molecule has 2 heteroatoms. The minimum Gasteiger partial charge on any atom is -0.299 e. The number of carbonyl (C=O) groups excluding carboxylic acids is 2. The lowest BCUT2D eigenvalue weighted by atomic mass is 9.87. The third-order valence-electron chi connectivity index (χ3n) is 3.56. The van der Waals surface area contributed by atoms with Crippen LogP contribution < -0.4 is 0 Å². The molecule has 0 spiro atoms. The third-order valence-corrected chi connectivity index (χ3v) is 3.56. The minimum atomic E-state index is -0.0648. The minimum absolute atomic E-state index is 0.0648. The van der Waals surface area contributed by atoms with Crippen molar-refractivity contribution in [2.45, 2.75) is 39.5 Å². The molecule has 0 amide bonds. The molecule has 2 atom stereocenters. The summed E-state index contributed by atoms with van der Waals surface area (Å²) in [6, 6.07) is 0. The van der Waals surface area contributed by atoms with Gasteiger partial charge in [-0.1, -0.05) is 12.5 Å². The van der Waals surface area contributed by atoms with Crippen LogP contribution in [0, 0.1) is 11.8 Å². The average Bonchev–Trinajstić information content (AvgIpc) is 2.60. The summed E-state index contributed by atoms with van der Waals surface area (Å²) in [4.78, 5) is 23.3. The van der Waals surface area contributed by atoms with E-state index in [4.69, 9.17) is 0 Å². The summed E-state index contributed by atoms with van der Waals surface area (Å²) in [6.07, 6.45) is 3.10. The zero-order valence-corrected chi connectivity index (χ0v) is 8.80. The molecular formula is C12H16O2. The van der Waals surface area contributed by atoms with Crippen molar-refractivity contribution in [1.29, 1.82) is 0 Å². The van der Waals surface area contributed by atoms with E-state index in [1.54, 1.807) is 0 Å². The van der Waals surface area contributed by atoms with E-state index < -0.39 is 0 Å². The SMILES string of the molecule is CC1=C(C2C(=O)CCC2C)C(=O)CC1. The standard InChI is InChI=1S/C12H16O2/c1-7-3-5-9(13)11(7)12-8(2)4-6-10(12)14/h7,11H,3-6H2,1-2H3. The molecule has 0 saturated heterocycles. The third kappa shape index (κ3) is 1.33. The van der Waals surface area contributed by atoms with E-state index in [0.29, 0.717) is 18.8 Å². The number of carbonyl (C=O) groups is 2. The van der Waals surface area contributed by atoms with Gasteiger partial charge in [0, 0.05) is 24.3 Å². The smallest absolute Gasteiger partial charge is 0.159 e. The van der Waals surface area contributed by atoms with Gasteiger partial charge in [0.25, 0.3) is 0 Å². The number of ketones is 2. The van der Waals surface area contributed by atoms with Crippen LogP contribution in [0.3, 0.4) is 0 Å². The van der Waals surface area contributed by atoms with Crippen LogP contribution in [0.2, 0.25) is 0 Å². The van der Waals surface area contributed by atoms with Crippen molar-refractivity contribution in [3.8, 4) is 0 Å². The molecule has 1 saturated carbocycles. The van der Waals surface area contributed by atoms with Gasteiger partial charge in [-0.2, -0.15) is 0 Å². The molecule has 2 unspecified atom stereocenters. The van der Waals surface area contributed by atoms with Gasteiger partial charge in [-0.3, -0.25) is 9.59 Å². The number of hydrogen-bond acceptors (Lipinski definition) is 2. The molecule has 0 N–H and O–H groups in total. The second-order valence-corrected chi connectivity index (χ2v) is 4.58. The average molecular weight is 192 g/mol. The van der Waals surface area contributed by atoms with Crippen LogP contribution >= 0.6 is 0 Å². The summed E-state index contributed by atoms with van der Waals surface area (Å²) in [6.45, 7) is 4.08. The van der Waals surface area contributed by atoms with Gasteiger partial charge < -0.3 is 0 Å². The Hall–Kier alpha value is -0.920. The van der Waals surface area contributed by atoms with Crippen molar-refractivity contribution in [2.75, 3.05) is 0 Å². The van der Waals surface area contributed by atoms with Crippen molar-refractivity contribution in [3.63, 3.8) is 0 Å². The molecule has 0 aliphatic heterocycles. The molecule has 0 aromatic carbocycles. The predicted molar refractivity (Wildman–Crippen MR) is 53.8 cm³/mol. The molecule has 2 rings (SSSR count). The fourth-order valence-corrected chi connectivity index (χ4v) is 2.70. The molecule has 2 aliphatic rings. The van der Waals surface area contributed by atoms with Gasteiger partial charge in [0.15, 0.2) is 5.78 Å². The zero-order chi connectivity index (χ0) is 10.3. The number of rotatable bonds is 1. The Morgan fingerprint density at radius 1 is 1.14 bits per heavy atom. The van der Waals surface area contributed by atoms with Crippen molar-refractivity contribution in [3.05, 3.63) is 11.1 Å². The van der Waals surface area contributed by atoms with E-state index in [2.05, 4.69) is 6.92 Å². The molecule has 0 radical (unpaired) electrons. The Labute approximate surface area is 84.4 Å². The molecule has 0 heterocycles. The Balaban J connectivity index is 2.34. The van der Waals surface area contributed by atoms with Gasteiger partial charge in [0.2, 0.25) is 0 Å². The van der Waals surface area contributed by atoms with Crippen molar-refractivity contribution < 1.29 is 9.59 Å². The summed E-state index contributed by atoms with van der Waals surface area (Å²) in [5, 5.41) is 0. The van der Waals surface area contributed by atoms with Gasteiger partial charge in [0.1, 0.15) is 5.78 Å². The molecule has 0 aromatic heterocycles. The fraction of sp³-hybridized carbons (Fsp3) is 0.667. The van der Waals surface area contributed by atoms with Gasteiger partial charge in [-0.05, 0) is 25.7 Å². The van der Waals surface area contributed by atoms with Gasteiger partial charge in [-0.25, -0.2) is 0 Å². The van der Waals surface area contributed by atoms with E-state index >= 15 is 0 Å². The normalized spacial score (nSPS) is 33.3. The van der Waals surface area contributed by atoms with E-state index in [9.17, 15) is 9.59 Å². The Bertz CT molecular complexity index is 325. The maximum atomic E-state index is 11.7. The Morgan fingerprint density at radius 2 is 1.86 bits per heavy atom. The fourth-order valence-electron chi connectivity index (χ4n) is 2.70. The Morgan fingerprint density at radius 3 is 2.29 bits per heavy atom. The monoisotopic (exact) mass is 192 g/mol. The van der Waals surface area contributed by atoms with E-state index in [-0.39, 0.29) is 17.5 Å². The maximum absolute atomic E-state index is 11.7. The molecule has 14 heavy (non-hydrogen) atoms. The summed E-state index contributed by atoms with van der Waals surface area (Å²) in [7, 11) is 0. The molecule has 2 aliphatic carbocycles. The lowest BCUT2D eigenvalue weighted by molar-refractivity contribution is -0.122. The van der Waals surface area contributed by atoms with Crippen LogP contribution in [0.4, 0.5) is 0 Å². The highest BCUT2D eigenvalue weighted by molar-refractivity contribution is 6.05. The van der Waals surface area contributed by atoms with Gasteiger partial charge in [-0.15, -0.1) is 0 Å². The summed E-state index contributed by atoms with van der Waals surface area (Å²) in [5.74, 6) is 0.802. The number of hydrogen-bond donors (Lipinski definition) is 0. The summed E-state index contributed by atoms with van der Waals surface area (Å²) >= 11 is 0. The second-order valence-electron chi connectivity index (χ2n) is 4.58. The first kappa shape index (κ1) is 9.63. The van der Waals surface area contributed by atoms with Gasteiger partial charge in [0.05, 0.1) is 0 Å². The molecule has 0 bridgehead atoms. The molecule has 2 nitrogen and oxygen atoms in total. The highest BCUT2D eigenvalue weighted by atomic mass is 16.1. The van der Waals surface area contributed by atoms with Crippen LogP contribution in [0.15, 0.2) is 11.1 Å². The van der Waals surface area contributed by atoms with Gasteiger partial charge >= 0.3 is 0 Å². The maximum Gasteiger partial charge on any atom is 0.159 e. The highest BCUT2D eigenvalue weighted by Gasteiger charge is 2.39. The quantitative estimate of drug-likeness (QED) is 0.638. The zero-order valence-electron chi connectivity index (χ0n) is 8.80. The lowest BCUT2D eigenvalue weighted by Gasteiger charge is -2.15. The van der Waals surface area contributed by atoms with Crippen molar-refractivity contribution in [2.24, 2.45) is 11.8 Å². The van der Waals surface area contributed by atoms with Crippen molar-refractivity contribution in [1.82, 2.24) is 0 Å². The molecular weight excluding hydrogens is 176 g/mol. The van der Waals surface area contributed by atoms with E-state index in [1.807, 2.05) is 6.92 Å². The first-order valence-corrected chi connectivity index (χ1v) is 5.37. The largest absolute Gasteiger partial charge is 0.299 e. The van der Waals surface area contributed by atoms with Crippen LogP contribution in [-0.2, 0) is 9.59 Å². The highest BCUT2D eigenvalue weighted by Crippen LogP contribution is 2.39. The number of Topliss-reactive ketones (excluding diaryl/α,β-unsaturated/α-hetero) is 2. The van der Waals surface area contributed by atoms with E-state index in [0.717, 1.165) is 24.0 Å². The first-order valence-electron chi connectivity index (χ1n) is 5.37. The summed E-state index contributed by atoms with van der Waals surface area (Å²) in [5.41, 5.74) is 2.02. The molecule has 76 valence electrons. The number of allylic oxidation sites excluding steroid dienone is 2. The first-order chi connectivity index (χ1) is 6.61.